The largest absolute Gasteiger partial charge is 0.518 e. The second kappa shape index (κ2) is 21.2. The molecule has 2 rings (SSSR count). The Kier molecular flexibility index (Phi) is 17.5. The van der Waals surface area contributed by atoms with Crippen LogP contribution in [0.15, 0.2) is 61.1 Å². The number of rotatable bonds is 20. The number of hydrogen-bond acceptors (Lipinski definition) is 3. The first-order chi connectivity index (χ1) is 18.7. The molecule has 2 aromatic carbocycles. The summed E-state index contributed by atoms with van der Waals surface area (Å²) in [5, 5.41) is 0. The summed E-state index contributed by atoms with van der Waals surface area (Å²) in [5.41, 5.74) is 4.69. The number of aryl methyl sites for hydroxylation is 2. The van der Waals surface area contributed by atoms with Gasteiger partial charge in [-0.1, -0.05) is 139 Å². The van der Waals surface area contributed by atoms with Crippen LogP contribution in [0.2, 0.25) is 0 Å². The van der Waals surface area contributed by atoms with Gasteiger partial charge in [0.15, 0.2) is 0 Å². The van der Waals surface area contributed by atoms with Crippen LogP contribution in [0.25, 0.3) is 12.2 Å². The summed E-state index contributed by atoms with van der Waals surface area (Å²) in [4.78, 5) is 11.8. The zero-order valence-corrected chi connectivity index (χ0v) is 24.0. The topological polar surface area (TPSA) is 35.5 Å². The van der Waals surface area contributed by atoms with Crippen molar-refractivity contribution in [3.63, 3.8) is 0 Å². The lowest BCUT2D eigenvalue weighted by Crippen LogP contribution is -1.97. The summed E-state index contributed by atoms with van der Waals surface area (Å²) in [6.45, 7) is 4.51. The van der Waals surface area contributed by atoms with Gasteiger partial charge in [-0.2, -0.15) is 0 Å². The summed E-state index contributed by atoms with van der Waals surface area (Å²) < 4.78 is 10.1. The van der Waals surface area contributed by atoms with Crippen LogP contribution in [-0.4, -0.2) is 6.16 Å². The maximum Gasteiger partial charge on any atom is 0.518 e. The third-order valence-electron chi connectivity index (χ3n) is 6.95. The number of carbonyl (C=O) groups excluding carboxylic acids is 1. The SMILES string of the molecule is CCCCCCCCCc1ccc(C=COC(=O)OC=Cc2ccc(CCCCCCCCC)cc2)cc1. The van der Waals surface area contributed by atoms with E-state index in [9.17, 15) is 4.79 Å². The molecule has 0 unspecified atom stereocenters. The van der Waals surface area contributed by atoms with Crippen molar-refractivity contribution >= 4 is 18.3 Å². The first-order valence-electron chi connectivity index (χ1n) is 15.1. The van der Waals surface area contributed by atoms with E-state index >= 15 is 0 Å². The predicted octanol–water partition coefficient (Wildman–Crippen LogP) is 11.1. The number of benzene rings is 2. The van der Waals surface area contributed by atoms with E-state index in [-0.39, 0.29) is 0 Å². The molecule has 0 heterocycles. The van der Waals surface area contributed by atoms with Crippen LogP contribution < -0.4 is 0 Å². The van der Waals surface area contributed by atoms with Crippen LogP contribution in [0.4, 0.5) is 4.79 Å². The van der Waals surface area contributed by atoms with Crippen LogP contribution in [0, 0.1) is 0 Å². The van der Waals surface area contributed by atoms with E-state index in [1.165, 1.54) is 114 Å². The van der Waals surface area contributed by atoms with Crippen LogP contribution in [0.1, 0.15) is 126 Å². The summed E-state index contributed by atoms with van der Waals surface area (Å²) >= 11 is 0. The molecular formula is C35H50O3. The number of carbonyl (C=O) groups is 1. The normalized spacial score (nSPS) is 11.4. The molecule has 0 aliphatic heterocycles. The Bertz CT molecular complexity index is 834. The average molecular weight is 519 g/mol. The lowest BCUT2D eigenvalue weighted by molar-refractivity contribution is 0.121. The number of ether oxygens (including phenoxy) is 2. The van der Waals surface area contributed by atoms with Gasteiger partial charge in [-0.15, -0.1) is 0 Å². The molecule has 0 aliphatic carbocycles. The molecule has 0 fully saturated rings. The molecule has 0 N–H and O–H groups in total. The lowest BCUT2D eigenvalue weighted by atomic mass is 10.0. The molecule has 0 spiro atoms. The Morgan fingerprint density at radius 3 is 1.24 bits per heavy atom. The smallest absolute Gasteiger partial charge is 0.403 e. The molecule has 0 aliphatic rings. The highest BCUT2D eigenvalue weighted by Gasteiger charge is 2.00. The van der Waals surface area contributed by atoms with Crippen molar-refractivity contribution in [3.05, 3.63) is 83.3 Å². The molecule has 0 saturated heterocycles. The fourth-order valence-electron chi connectivity index (χ4n) is 4.53. The van der Waals surface area contributed by atoms with E-state index < -0.39 is 6.16 Å². The summed E-state index contributed by atoms with van der Waals surface area (Å²) in [6, 6.07) is 16.8. The highest BCUT2D eigenvalue weighted by Crippen LogP contribution is 2.14. The Balaban J connectivity index is 1.58. The molecule has 0 amide bonds. The van der Waals surface area contributed by atoms with Gasteiger partial charge in [0, 0.05) is 0 Å². The zero-order chi connectivity index (χ0) is 27.1. The van der Waals surface area contributed by atoms with Crippen LogP contribution in [0.5, 0.6) is 0 Å². The van der Waals surface area contributed by atoms with E-state index in [0.717, 1.165) is 24.0 Å². The van der Waals surface area contributed by atoms with Gasteiger partial charge in [0.2, 0.25) is 0 Å². The maximum atomic E-state index is 11.8. The average Bonchev–Trinajstić information content (AvgIpc) is 2.94. The zero-order valence-electron chi connectivity index (χ0n) is 24.0. The van der Waals surface area contributed by atoms with Crippen molar-refractivity contribution in [2.45, 2.75) is 117 Å². The highest BCUT2D eigenvalue weighted by atomic mass is 16.7. The van der Waals surface area contributed by atoms with E-state index in [0.29, 0.717) is 0 Å². The monoisotopic (exact) mass is 518 g/mol. The van der Waals surface area contributed by atoms with Crippen LogP contribution >= 0.6 is 0 Å². The second-order valence-electron chi connectivity index (χ2n) is 10.3. The van der Waals surface area contributed by atoms with E-state index in [1.54, 1.807) is 12.2 Å². The molecule has 0 radical (unpaired) electrons. The molecule has 0 atom stereocenters. The molecule has 3 heteroatoms. The Hall–Kier alpha value is -2.81. The van der Waals surface area contributed by atoms with Crippen LogP contribution in [-0.2, 0) is 22.3 Å². The van der Waals surface area contributed by atoms with Gasteiger partial charge in [0.05, 0.1) is 12.5 Å². The van der Waals surface area contributed by atoms with Gasteiger partial charge >= 0.3 is 6.16 Å². The molecular weight excluding hydrogens is 468 g/mol. The van der Waals surface area contributed by atoms with Crippen molar-refractivity contribution < 1.29 is 14.3 Å². The molecule has 3 nitrogen and oxygen atoms in total. The molecule has 38 heavy (non-hydrogen) atoms. The van der Waals surface area contributed by atoms with Crippen molar-refractivity contribution in [1.29, 1.82) is 0 Å². The predicted molar refractivity (Wildman–Crippen MR) is 162 cm³/mol. The molecule has 208 valence electrons. The lowest BCUT2D eigenvalue weighted by Gasteiger charge is -2.03. The van der Waals surface area contributed by atoms with Gasteiger partial charge in [-0.25, -0.2) is 4.79 Å². The number of unbranched alkanes of at least 4 members (excludes halogenated alkanes) is 12. The Morgan fingerprint density at radius 2 is 0.868 bits per heavy atom. The summed E-state index contributed by atoms with van der Waals surface area (Å²) in [7, 11) is 0. The minimum absolute atomic E-state index is 0.747. The number of hydrogen-bond donors (Lipinski definition) is 0. The fourth-order valence-corrected chi connectivity index (χ4v) is 4.53. The first-order valence-corrected chi connectivity index (χ1v) is 15.1. The van der Waals surface area contributed by atoms with Gasteiger partial charge in [0.1, 0.15) is 0 Å². The van der Waals surface area contributed by atoms with E-state index in [4.69, 9.17) is 9.47 Å². The molecule has 0 aromatic heterocycles. The van der Waals surface area contributed by atoms with E-state index in [2.05, 4.69) is 62.4 Å². The third-order valence-corrected chi connectivity index (χ3v) is 6.95. The molecule has 0 saturated carbocycles. The van der Waals surface area contributed by atoms with Crippen molar-refractivity contribution in [3.8, 4) is 0 Å². The molecule has 0 bridgehead atoms. The quantitative estimate of drug-likeness (QED) is 0.0993. The van der Waals surface area contributed by atoms with Crippen molar-refractivity contribution in [2.24, 2.45) is 0 Å². The fraction of sp³-hybridized carbons (Fsp3) is 0.514. The minimum Gasteiger partial charge on any atom is -0.403 e. The minimum atomic E-state index is -0.747. The standard InChI is InChI=1S/C35H50O3/c1-3-5-7-9-11-13-15-17-31-19-23-33(24-20-31)27-29-37-35(36)38-30-28-34-25-21-32(22-26-34)18-16-14-12-10-8-6-4-2/h19-30H,3-18H2,1-2H3. The van der Waals surface area contributed by atoms with Crippen LogP contribution in [0.3, 0.4) is 0 Å². The van der Waals surface area contributed by atoms with Gasteiger partial charge in [-0.05, 0) is 60.1 Å². The van der Waals surface area contributed by atoms with Gasteiger partial charge < -0.3 is 9.47 Å². The third kappa shape index (κ3) is 15.4. The maximum absolute atomic E-state index is 11.8. The first kappa shape index (κ1) is 31.4. The van der Waals surface area contributed by atoms with Crippen molar-refractivity contribution in [2.75, 3.05) is 0 Å². The van der Waals surface area contributed by atoms with Gasteiger partial charge in [-0.3, -0.25) is 0 Å². The van der Waals surface area contributed by atoms with Gasteiger partial charge in [0.25, 0.3) is 0 Å². The molecule has 2 aromatic rings. The Morgan fingerprint density at radius 1 is 0.526 bits per heavy atom. The summed E-state index contributed by atoms with van der Waals surface area (Å²) in [6.07, 6.45) is 26.4. The summed E-state index contributed by atoms with van der Waals surface area (Å²) in [5.74, 6) is 0. The van der Waals surface area contributed by atoms with E-state index in [1.807, 2.05) is 0 Å². The van der Waals surface area contributed by atoms with Crippen molar-refractivity contribution in [1.82, 2.24) is 0 Å². The second-order valence-corrected chi connectivity index (χ2v) is 10.3. The Labute approximate surface area is 232 Å². The highest BCUT2D eigenvalue weighted by molar-refractivity contribution is 5.64.